The van der Waals surface area contributed by atoms with E-state index in [1.165, 1.54) is 0 Å². The summed E-state index contributed by atoms with van der Waals surface area (Å²) in [6, 6.07) is 3.67. The number of ether oxygens (including phenoxy) is 6. The van der Waals surface area contributed by atoms with Crippen molar-refractivity contribution in [1.29, 1.82) is 0 Å². The number of fused-ring (bicyclic) bond motifs is 1. The van der Waals surface area contributed by atoms with E-state index < -0.39 is 12.6 Å². The highest BCUT2D eigenvalue weighted by Crippen LogP contribution is 2.44. The van der Waals surface area contributed by atoms with Crippen LogP contribution in [-0.2, 0) is 18.9 Å². The highest BCUT2D eigenvalue weighted by Gasteiger charge is 2.30. The van der Waals surface area contributed by atoms with Crippen LogP contribution < -0.4 is 9.47 Å². The topological polar surface area (TPSA) is 55.4 Å². The van der Waals surface area contributed by atoms with Crippen molar-refractivity contribution < 1.29 is 28.4 Å². The van der Waals surface area contributed by atoms with E-state index in [1.807, 2.05) is 12.1 Å². The lowest BCUT2D eigenvalue weighted by Crippen LogP contribution is -2.13. The third kappa shape index (κ3) is 2.52. The maximum absolute atomic E-state index is 5.50. The monoisotopic (exact) mass is 270 g/mol. The fourth-order valence-electron chi connectivity index (χ4n) is 2.14. The molecule has 0 saturated heterocycles. The lowest BCUT2D eigenvalue weighted by Gasteiger charge is -2.23. The van der Waals surface area contributed by atoms with Gasteiger partial charge in [0.1, 0.15) is 0 Å². The van der Waals surface area contributed by atoms with E-state index >= 15 is 0 Å². The first-order chi connectivity index (χ1) is 9.26. The molecule has 0 amide bonds. The van der Waals surface area contributed by atoms with Gasteiger partial charge in [0.05, 0.1) is 5.56 Å². The van der Waals surface area contributed by atoms with Crippen molar-refractivity contribution in [1.82, 2.24) is 0 Å². The second-order valence-electron chi connectivity index (χ2n) is 3.91. The summed E-state index contributed by atoms with van der Waals surface area (Å²) in [5.74, 6) is 1.26. The molecule has 0 spiro atoms. The fraction of sp³-hybridized carbons (Fsp3) is 0.538. The molecular formula is C13H18O6. The lowest BCUT2D eigenvalue weighted by molar-refractivity contribution is -0.124. The molecule has 0 aromatic heterocycles. The molecule has 0 aliphatic carbocycles. The van der Waals surface area contributed by atoms with Crippen LogP contribution in [0.5, 0.6) is 11.5 Å². The Labute approximate surface area is 112 Å². The van der Waals surface area contributed by atoms with Crippen LogP contribution in [0.2, 0.25) is 0 Å². The largest absolute Gasteiger partial charge is 0.454 e. The van der Waals surface area contributed by atoms with E-state index in [2.05, 4.69) is 0 Å². The van der Waals surface area contributed by atoms with Crippen LogP contribution in [0.15, 0.2) is 12.1 Å². The van der Waals surface area contributed by atoms with Gasteiger partial charge in [0, 0.05) is 34.0 Å². The zero-order valence-corrected chi connectivity index (χ0v) is 11.5. The van der Waals surface area contributed by atoms with Crippen LogP contribution in [0.3, 0.4) is 0 Å². The zero-order chi connectivity index (χ0) is 13.8. The van der Waals surface area contributed by atoms with Crippen LogP contribution in [0.4, 0.5) is 0 Å². The molecule has 0 saturated carbocycles. The molecular weight excluding hydrogens is 252 g/mol. The first-order valence-electron chi connectivity index (χ1n) is 5.80. The van der Waals surface area contributed by atoms with Gasteiger partial charge in [-0.05, 0) is 12.1 Å². The van der Waals surface area contributed by atoms with Crippen molar-refractivity contribution in [3.8, 4) is 11.5 Å². The summed E-state index contributed by atoms with van der Waals surface area (Å²) in [4.78, 5) is 0. The van der Waals surface area contributed by atoms with Crippen LogP contribution in [-0.4, -0.2) is 35.2 Å². The first-order valence-corrected chi connectivity index (χ1v) is 5.80. The fourth-order valence-corrected chi connectivity index (χ4v) is 2.14. The average Bonchev–Trinajstić information content (AvgIpc) is 2.91. The number of rotatable bonds is 6. The predicted molar refractivity (Wildman–Crippen MR) is 66.1 cm³/mol. The minimum Gasteiger partial charge on any atom is -0.454 e. The van der Waals surface area contributed by atoms with Crippen molar-refractivity contribution in [2.24, 2.45) is 0 Å². The molecule has 1 aromatic carbocycles. The first kappa shape index (κ1) is 14.1. The third-order valence-electron chi connectivity index (χ3n) is 2.96. The summed E-state index contributed by atoms with van der Waals surface area (Å²) in [6.07, 6.45) is -1.11. The highest BCUT2D eigenvalue weighted by molar-refractivity contribution is 5.53. The molecule has 19 heavy (non-hydrogen) atoms. The quantitative estimate of drug-likeness (QED) is 0.737. The number of benzene rings is 1. The normalized spacial score (nSPS) is 13.6. The molecule has 0 atom stereocenters. The molecule has 1 aliphatic heterocycles. The molecule has 0 unspecified atom stereocenters. The van der Waals surface area contributed by atoms with Gasteiger partial charge in [0.15, 0.2) is 24.1 Å². The maximum atomic E-state index is 5.50. The Morgan fingerprint density at radius 3 is 2.11 bits per heavy atom. The molecule has 1 heterocycles. The van der Waals surface area contributed by atoms with Crippen LogP contribution in [0, 0.1) is 0 Å². The summed E-state index contributed by atoms with van der Waals surface area (Å²) in [6.45, 7) is 0.177. The number of hydrogen-bond acceptors (Lipinski definition) is 6. The Kier molecular flexibility index (Phi) is 4.60. The van der Waals surface area contributed by atoms with Crippen molar-refractivity contribution in [3.63, 3.8) is 0 Å². The minimum atomic E-state index is -0.584. The molecule has 0 N–H and O–H groups in total. The molecule has 6 nitrogen and oxygen atoms in total. The molecule has 0 radical (unpaired) electrons. The summed E-state index contributed by atoms with van der Waals surface area (Å²) in [5, 5.41) is 0. The molecule has 0 bridgehead atoms. The average molecular weight is 270 g/mol. The van der Waals surface area contributed by atoms with E-state index in [-0.39, 0.29) is 6.79 Å². The molecule has 6 heteroatoms. The number of methoxy groups -OCH3 is 4. The lowest BCUT2D eigenvalue weighted by atomic mass is 10.0. The molecule has 0 fully saturated rings. The minimum absolute atomic E-state index is 0.177. The predicted octanol–water partition coefficient (Wildman–Crippen LogP) is 2.00. The highest BCUT2D eigenvalue weighted by atomic mass is 16.7. The summed E-state index contributed by atoms with van der Waals surface area (Å²) in [5.41, 5.74) is 1.50. The van der Waals surface area contributed by atoms with Gasteiger partial charge < -0.3 is 28.4 Å². The van der Waals surface area contributed by atoms with Gasteiger partial charge in [-0.3, -0.25) is 0 Å². The molecule has 2 rings (SSSR count). The maximum Gasteiger partial charge on any atom is 0.231 e. The SMILES string of the molecule is COC(OC)c1ccc2c(c1C(OC)OC)OCO2. The summed E-state index contributed by atoms with van der Waals surface area (Å²) >= 11 is 0. The van der Waals surface area contributed by atoms with E-state index in [1.54, 1.807) is 28.4 Å². The van der Waals surface area contributed by atoms with Crippen LogP contribution in [0.25, 0.3) is 0 Å². The van der Waals surface area contributed by atoms with Crippen molar-refractivity contribution in [3.05, 3.63) is 23.3 Å². The van der Waals surface area contributed by atoms with Crippen LogP contribution in [0.1, 0.15) is 23.7 Å². The van der Waals surface area contributed by atoms with E-state index in [9.17, 15) is 0 Å². The van der Waals surface area contributed by atoms with Crippen molar-refractivity contribution in [2.45, 2.75) is 12.6 Å². The van der Waals surface area contributed by atoms with Crippen molar-refractivity contribution in [2.75, 3.05) is 35.2 Å². The van der Waals surface area contributed by atoms with Gasteiger partial charge in [-0.15, -0.1) is 0 Å². The van der Waals surface area contributed by atoms with Crippen LogP contribution >= 0.6 is 0 Å². The molecule has 1 aromatic rings. The third-order valence-corrected chi connectivity index (χ3v) is 2.96. The Bertz CT molecular complexity index is 425. The van der Waals surface area contributed by atoms with E-state index in [0.717, 1.165) is 5.56 Å². The van der Waals surface area contributed by atoms with Gasteiger partial charge in [-0.1, -0.05) is 0 Å². The summed E-state index contributed by atoms with van der Waals surface area (Å²) in [7, 11) is 6.25. The second-order valence-corrected chi connectivity index (χ2v) is 3.91. The Hall–Kier alpha value is -1.34. The number of hydrogen-bond donors (Lipinski definition) is 0. The van der Waals surface area contributed by atoms with Crippen molar-refractivity contribution >= 4 is 0 Å². The Balaban J connectivity index is 2.53. The Morgan fingerprint density at radius 1 is 0.895 bits per heavy atom. The standard InChI is InChI=1S/C13H18O6/c1-14-12(15-2)8-5-6-9-11(19-7-18-9)10(8)13(16-3)17-4/h5-6,12-13H,7H2,1-4H3. The zero-order valence-electron chi connectivity index (χ0n) is 11.5. The van der Waals surface area contributed by atoms with E-state index in [0.29, 0.717) is 17.1 Å². The molecule has 106 valence electrons. The van der Waals surface area contributed by atoms with Gasteiger partial charge in [0.25, 0.3) is 0 Å². The van der Waals surface area contributed by atoms with Gasteiger partial charge >= 0.3 is 0 Å². The van der Waals surface area contributed by atoms with E-state index in [4.69, 9.17) is 28.4 Å². The Morgan fingerprint density at radius 2 is 1.53 bits per heavy atom. The second kappa shape index (κ2) is 6.21. The smallest absolute Gasteiger partial charge is 0.231 e. The summed E-state index contributed by atoms with van der Waals surface area (Å²) < 4.78 is 32.1. The molecule has 1 aliphatic rings. The van der Waals surface area contributed by atoms with Gasteiger partial charge in [0.2, 0.25) is 6.79 Å². The van der Waals surface area contributed by atoms with Gasteiger partial charge in [-0.25, -0.2) is 0 Å². The van der Waals surface area contributed by atoms with Gasteiger partial charge in [-0.2, -0.15) is 0 Å².